The van der Waals surface area contributed by atoms with Crippen LogP contribution in [0.4, 0.5) is 0 Å². The average molecular weight is 264 g/mol. The summed E-state index contributed by atoms with van der Waals surface area (Å²) in [5, 5.41) is 6.43. The zero-order valence-electron chi connectivity index (χ0n) is 12.1. The predicted molar refractivity (Wildman–Crippen MR) is 74.9 cm³/mol. The van der Waals surface area contributed by atoms with Crippen molar-refractivity contribution in [3.63, 3.8) is 0 Å². The van der Waals surface area contributed by atoms with E-state index in [1.807, 2.05) is 26.8 Å². The van der Waals surface area contributed by atoms with Gasteiger partial charge in [0.1, 0.15) is 5.76 Å². The van der Waals surface area contributed by atoms with Gasteiger partial charge in [0.25, 0.3) is 0 Å². The fraction of sp³-hybridized carbons (Fsp3) is 0.667. The molecule has 1 amide bonds. The summed E-state index contributed by atoms with van der Waals surface area (Å²) in [5.41, 5.74) is 1.11. The highest BCUT2D eigenvalue weighted by Gasteiger charge is 2.22. The van der Waals surface area contributed by atoms with Crippen LogP contribution < -0.4 is 10.6 Å². The van der Waals surface area contributed by atoms with Gasteiger partial charge in [0.05, 0.1) is 6.26 Å². The van der Waals surface area contributed by atoms with Crippen LogP contribution in [-0.4, -0.2) is 18.0 Å². The van der Waals surface area contributed by atoms with Crippen LogP contribution in [0.2, 0.25) is 0 Å². The van der Waals surface area contributed by atoms with Crippen LogP contribution in [0.15, 0.2) is 16.7 Å². The molecule has 0 aromatic carbocycles. The Bertz CT molecular complexity index is 432. The molecule has 0 spiro atoms. The van der Waals surface area contributed by atoms with Gasteiger partial charge in [-0.25, -0.2) is 0 Å². The Hall–Kier alpha value is -1.29. The lowest BCUT2D eigenvalue weighted by Crippen LogP contribution is -2.41. The van der Waals surface area contributed by atoms with Gasteiger partial charge in [0.2, 0.25) is 5.91 Å². The number of rotatable bonds is 4. The number of fused-ring (bicyclic) bond motifs is 1. The number of aryl methyl sites for hydroxylation is 1. The van der Waals surface area contributed by atoms with Gasteiger partial charge in [-0.15, -0.1) is 0 Å². The lowest BCUT2D eigenvalue weighted by atomic mass is 9.93. The highest BCUT2D eigenvalue weighted by atomic mass is 16.3. The Morgan fingerprint density at radius 2 is 2.26 bits per heavy atom. The summed E-state index contributed by atoms with van der Waals surface area (Å²) in [4.78, 5) is 11.7. The normalized spacial score (nSPS) is 19.0. The van der Waals surface area contributed by atoms with Crippen molar-refractivity contribution in [2.75, 3.05) is 6.54 Å². The van der Waals surface area contributed by atoms with E-state index in [-0.39, 0.29) is 11.4 Å². The summed E-state index contributed by atoms with van der Waals surface area (Å²) < 4.78 is 5.46. The van der Waals surface area contributed by atoms with Gasteiger partial charge in [-0.05, 0) is 39.7 Å². The second-order valence-electron chi connectivity index (χ2n) is 6.25. The molecule has 1 aliphatic rings. The van der Waals surface area contributed by atoms with E-state index in [9.17, 15) is 4.79 Å². The molecule has 0 bridgehead atoms. The third kappa shape index (κ3) is 4.10. The number of carbonyl (C=O) groups excluding carboxylic acids is 1. The average Bonchev–Trinajstić information content (AvgIpc) is 2.75. The molecule has 1 aromatic heterocycles. The number of nitrogens with one attached hydrogen (secondary N) is 2. The van der Waals surface area contributed by atoms with Crippen molar-refractivity contribution in [3.05, 3.63) is 23.7 Å². The molecule has 0 aliphatic heterocycles. The maximum atomic E-state index is 11.7. The molecule has 0 saturated heterocycles. The van der Waals surface area contributed by atoms with Gasteiger partial charge in [-0.2, -0.15) is 0 Å². The fourth-order valence-electron chi connectivity index (χ4n) is 2.54. The summed E-state index contributed by atoms with van der Waals surface area (Å²) in [7, 11) is 0. The van der Waals surface area contributed by atoms with Crippen LogP contribution >= 0.6 is 0 Å². The standard InChI is InChI=1S/C15H24N2O2/c1-15(2,3)17-14(18)7-9-16-12-5-4-6-13-11(12)8-10-19-13/h8,10,12,16H,4-7,9H2,1-3H3,(H,17,18). The van der Waals surface area contributed by atoms with Gasteiger partial charge in [0.15, 0.2) is 0 Å². The molecular weight excluding hydrogens is 240 g/mol. The summed E-state index contributed by atoms with van der Waals surface area (Å²) >= 11 is 0. The minimum absolute atomic E-state index is 0.100. The maximum Gasteiger partial charge on any atom is 0.221 e. The topological polar surface area (TPSA) is 54.3 Å². The van der Waals surface area contributed by atoms with Crippen molar-refractivity contribution < 1.29 is 9.21 Å². The Kier molecular flexibility index (Phi) is 4.30. The quantitative estimate of drug-likeness (QED) is 0.878. The van der Waals surface area contributed by atoms with Crippen molar-refractivity contribution in [1.29, 1.82) is 0 Å². The van der Waals surface area contributed by atoms with Crippen molar-refractivity contribution in [1.82, 2.24) is 10.6 Å². The zero-order valence-corrected chi connectivity index (χ0v) is 12.1. The molecule has 19 heavy (non-hydrogen) atoms. The molecule has 1 heterocycles. The summed E-state index contributed by atoms with van der Waals surface area (Å²) in [6.07, 6.45) is 5.57. The van der Waals surface area contributed by atoms with Crippen molar-refractivity contribution in [2.24, 2.45) is 0 Å². The molecular formula is C15H24N2O2. The predicted octanol–water partition coefficient (Wildman–Crippen LogP) is 2.55. The second kappa shape index (κ2) is 5.78. The van der Waals surface area contributed by atoms with Crippen LogP contribution in [0.3, 0.4) is 0 Å². The van der Waals surface area contributed by atoms with Gasteiger partial charge < -0.3 is 15.1 Å². The number of furan rings is 1. The smallest absolute Gasteiger partial charge is 0.221 e. The van der Waals surface area contributed by atoms with Crippen molar-refractivity contribution >= 4 is 5.91 Å². The SMILES string of the molecule is CC(C)(C)NC(=O)CCNC1CCCc2occc21. The minimum Gasteiger partial charge on any atom is -0.469 e. The van der Waals surface area contributed by atoms with Crippen molar-refractivity contribution in [3.8, 4) is 0 Å². The monoisotopic (exact) mass is 264 g/mol. The highest BCUT2D eigenvalue weighted by Crippen LogP contribution is 2.30. The van der Waals surface area contributed by atoms with E-state index in [2.05, 4.69) is 10.6 Å². The molecule has 1 aliphatic carbocycles. The molecule has 0 saturated carbocycles. The molecule has 2 N–H and O–H groups in total. The van der Waals surface area contributed by atoms with E-state index in [1.54, 1.807) is 6.26 Å². The van der Waals surface area contributed by atoms with E-state index >= 15 is 0 Å². The molecule has 0 radical (unpaired) electrons. The van der Waals surface area contributed by atoms with E-state index < -0.39 is 0 Å². The summed E-state index contributed by atoms with van der Waals surface area (Å²) in [5.74, 6) is 1.20. The van der Waals surface area contributed by atoms with Crippen molar-refractivity contribution in [2.45, 2.75) is 58.0 Å². The second-order valence-corrected chi connectivity index (χ2v) is 6.25. The first-order valence-electron chi connectivity index (χ1n) is 7.06. The third-order valence-corrected chi connectivity index (χ3v) is 3.31. The minimum atomic E-state index is -0.153. The molecule has 1 unspecified atom stereocenters. The molecule has 106 valence electrons. The van der Waals surface area contributed by atoms with Crippen LogP contribution in [-0.2, 0) is 11.2 Å². The van der Waals surface area contributed by atoms with Gasteiger partial charge in [0, 0.05) is 36.5 Å². The fourth-order valence-corrected chi connectivity index (χ4v) is 2.54. The molecule has 4 nitrogen and oxygen atoms in total. The number of hydrogen-bond acceptors (Lipinski definition) is 3. The number of amides is 1. The first kappa shape index (κ1) is 14.1. The van der Waals surface area contributed by atoms with Gasteiger partial charge in [-0.3, -0.25) is 4.79 Å². The van der Waals surface area contributed by atoms with Crippen LogP contribution in [0.25, 0.3) is 0 Å². The first-order chi connectivity index (χ1) is 8.96. The summed E-state index contributed by atoms with van der Waals surface area (Å²) in [6, 6.07) is 2.38. The molecule has 1 aromatic rings. The Labute approximate surface area is 114 Å². The van der Waals surface area contributed by atoms with Crippen LogP contribution in [0.5, 0.6) is 0 Å². The molecule has 2 rings (SSSR count). The van der Waals surface area contributed by atoms with Gasteiger partial charge >= 0.3 is 0 Å². The van der Waals surface area contributed by atoms with E-state index in [0.29, 0.717) is 19.0 Å². The first-order valence-corrected chi connectivity index (χ1v) is 7.06. The largest absolute Gasteiger partial charge is 0.469 e. The Morgan fingerprint density at radius 1 is 1.47 bits per heavy atom. The van der Waals surface area contributed by atoms with Crippen LogP contribution in [0.1, 0.15) is 57.4 Å². The number of hydrogen-bond donors (Lipinski definition) is 2. The lowest BCUT2D eigenvalue weighted by molar-refractivity contribution is -0.122. The summed E-state index contributed by atoms with van der Waals surface area (Å²) in [6.45, 7) is 6.70. The maximum absolute atomic E-state index is 11.7. The van der Waals surface area contributed by atoms with E-state index in [4.69, 9.17) is 4.42 Å². The molecule has 0 fully saturated rings. The third-order valence-electron chi connectivity index (χ3n) is 3.31. The van der Waals surface area contributed by atoms with Crippen LogP contribution in [0, 0.1) is 0 Å². The molecule has 4 heteroatoms. The van der Waals surface area contributed by atoms with Gasteiger partial charge in [-0.1, -0.05) is 0 Å². The molecule has 1 atom stereocenters. The Morgan fingerprint density at radius 3 is 3.00 bits per heavy atom. The Balaban J connectivity index is 1.77. The zero-order chi connectivity index (χ0) is 13.9. The van der Waals surface area contributed by atoms with E-state index in [1.165, 1.54) is 5.56 Å². The van der Waals surface area contributed by atoms with E-state index in [0.717, 1.165) is 25.0 Å². The number of carbonyl (C=O) groups is 1. The lowest BCUT2D eigenvalue weighted by Gasteiger charge is -2.24. The highest BCUT2D eigenvalue weighted by molar-refractivity contribution is 5.76.